The number of halogens is 3. The van der Waals surface area contributed by atoms with Crippen LogP contribution in [0.1, 0.15) is 33.1 Å². The van der Waals surface area contributed by atoms with Crippen LogP contribution in [0.3, 0.4) is 0 Å². The smallest absolute Gasteiger partial charge is 0.371 e. The maximum Gasteiger partial charge on any atom is 0.411 e. The van der Waals surface area contributed by atoms with E-state index >= 15 is 0 Å². The van der Waals surface area contributed by atoms with Gasteiger partial charge in [-0.2, -0.15) is 13.2 Å². The SMILES string of the molecule is CC1CCC(NCCOCC(F)(F)F)C(C)C1. The third-order valence-corrected chi connectivity index (χ3v) is 3.35. The van der Waals surface area contributed by atoms with Crippen LogP contribution in [0.5, 0.6) is 0 Å². The molecular formula is C12H22F3NO. The molecule has 1 aliphatic rings. The Labute approximate surface area is 101 Å². The van der Waals surface area contributed by atoms with Crippen molar-refractivity contribution in [3.63, 3.8) is 0 Å². The second-order valence-corrected chi connectivity index (χ2v) is 5.12. The molecule has 5 heteroatoms. The Kier molecular flexibility index (Phi) is 5.73. The third kappa shape index (κ3) is 6.27. The quantitative estimate of drug-likeness (QED) is 0.761. The van der Waals surface area contributed by atoms with E-state index < -0.39 is 12.8 Å². The van der Waals surface area contributed by atoms with Crippen LogP contribution in [-0.2, 0) is 4.74 Å². The first-order valence-corrected chi connectivity index (χ1v) is 6.26. The fourth-order valence-electron chi connectivity index (χ4n) is 2.47. The summed E-state index contributed by atoms with van der Waals surface area (Å²) < 4.78 is 39.9. The molecule has 0 aromatic heterocycles. The standard InChI is InChI=1S/C12H22F3NO/c1-9-3-4-11(10(2)7-9)16-5-6-17-8-12(13,14)15/h9-11,16H,3-8H2,1-2H3. The summed E-state index contributed by atoms with van der Waals surface area (Å²) in [6.45, 7) is 3.92. The summed E-state index contributed by atoms with van der Waals surface area (Å²) in [4.78, 5) is 0. The summed E-state index contributed by atoms with van der Waals surface area (Å²) in [6.07, 6.45) is -0.707. The van der Waals surface area contributed by atoms with E-state index in [1.165, 1.54) is 12.8 Å². The molecular weight excluding hydrogens is 231 g/mol. The molecule has 0 amide bonds. The minimum atomic E-state index is -4.21. The molecule has 0 bridgehead atoms. The van der Waals surface area contributed by atoms with Crippen molar-refractivity contribution in [1.82, 2.24) is 5.32 Å². The van der Waals surface area contributed by atoms with Crippen LogP contribution in [-0.4, -0.2) is 32.0 Å². The van der Waals surface area contributed by atoms with Crippen molar-refractivity contribution in [3.05, 3.63) is 0 Å². The summed E-state index contributed by atoms with van der Waals surface area (Å²) in [7, 11) is 0. The van der Waals surface area contributed by atoms with E-state index in [2.05, 4.69) is 23.9 Å². The molecule has 1 fully saturated rings. The lowest BCUT2D eigenvalue weighted by atomic mass is 9.80. The Morgan fingerprint density at radius 1 is 1.24 bits per heavy atom. The number of alkyl halides is 3. The predicted octanol–water partition coefficient (Wildman–Crippen LogP) is 2.98. The average molecular weight is 253 g/mol. The maximum absolute atomic E-state index is 11.8. The molecule has 3 atom stereocenters. The minimum Gasteiger partial charge on any atom is -0.371 e. The zero-order chi connectivity index (χ0) is 12.9. The largest absolute Gasteiger partial charge is 0.411 e. The summed E-state index contributed by atoms with van der Waals surface area (Å²) in [5.41, 5.74) is 0. The fraction of sp³-hybridized carbons (Fsp3) is 1.00. The molecule has 1 N–H and O–H groups in total. The molecule has 0 aliphatic heterocycles. The van der Waals surface area contributed by atoms with Crippen LogP contribution < -0.4 is 5.32 Å². The number of nitrogens with one attached hydrogen (secondary N) is 1. The second-order valence-electron chi connectivity index (χ2n) is 5.12. The van der Waals surface area contributed by atoms with Crippen molar-refractivity contribution in [2.24, 2.45) is 11.8 Å². The van der Waals surface area contributed by atoms with Gasteiger partial charge in [0.2, 0.25) is 0 Å². The van der Waals surface area contributed by atoms with Gasteiger partial charge in [0.25, 0.3) is 0 Å². The van der Waals surface area contributed by atoms with Crippen molar-refractivity contribution in [3.8, 4) is 0 Å². The number of hydrogen-bond acceptors (Lipinski definition) is 2. The Hall–Kier alpha value is -0.290. The highest BCUT2D eigenvalue weighted by Gasteiger charge is 2.27. The summed E-state index contributed by atoms with van der Waals surface area (Å²) in [5, 5.41) is 3.29. The van der Waals surface area contributed by atoms with Gasteiger partial charge in [-0.05, 0) is 31.1 Å². The van der Waals surface area contributed by atoms with Crippen LogP contribution in [0.15, 0.2) is 0 Å². The first-order valence-electron chi connectivity index (χ1n) is 6.26. The molecule has 0 aromatic rings. The van der Waals surface area contributed by atoms with Crippen LogP contribution >= 0.6 is 0 Å². The molecule has 17 heavy (non-hydrogen) atoms. The van der Waals surface area contributed by atoms with Gasteiger partial charge in [0.15, 0.2) is 0 Å². The Bertz CT molecular complexity index is 220. The summed E-state index contributed by atoms with van der Waals surface area (Å²) >= 11 is 0. The first kappa shape index (κ1) is 14.8. The topological polar surface area (TPSA) is 21.3 Å². The van der Waals surface area contributed by atoms with Crippen molar-refractivity contribution in [2.45, 2.75) is 45.3 Å². The van der Waals surface area contributed by atoms with Gasteiger partial charge in [0.1, 0.15) is 6.61 Å². The average Bonchev–Trinajstić information content (AvgIpc) is 2.18. The van der Waals surface area contributed by atoms with Crippen molar-refractivity contribution in [2.75, 3.05) is 19.8 Å². The molecule has 0 spiro atoms. The van der Waals surface area contributed by atoms with Gasteiger partial charge < -0.3 is 10.1 Å². The number of ether oxygens (including phenoxy) is 1. The highest BCUT2D eigenvalue weighted by molar-refractivity contribution is 4.80. The molecule has 1 aliphatic carbocycles. The second kappa shape index (κ2) is 6.59. The molecule has 0 saturated heterocycles. The van der Waals surface area contributed by atoms with Gasteiger partial charge in [-0.1, -0.05) is 13.8 Å². The Balaban J connectivity index is 2.06. The number of rotatable bonds is 5. The monoisotopic (exact) mass is 253 g/mol. The molecule has 1 rings (SSSR count). The minimum absolute atomic E-state index is 0.123. The van der Waals surface area contributed by atoms with Crippen molar-refractivity contribution in [1.29, 1.82) is 0 Å². The molecule has 0 heterocycles. The zero-order valence-electron chi connectivity index (χ0n) is 10.5. The number of hydrogen-bond donors (Lipinski definition) is 1. The molecule has 1 saturated carbocycles. The van der Waals surface area contributed by atoms with Gasteiger partial charge in [0, 0.05) is 12.6 Å². The Morgan fingerprint density at radius 3 is 2.53 bits per heavy atom. The van der Waals surface area contributed by atoms with Crippen LogP contribution in [0, 0.1) is 11.8 Å². The molecule has 0 aromatic carbocycles. The van der Waals surface area contributed by atoms with E-state index in [9.17, 15) is 13.2 Å². The van der Waals surface area contributed by atoms with E-state index in [4.69, 9.17) is 0 Å². The molecule has 3 unspecified atom stereocenters. The summed E-state index contributed by atoms with van der Waals surface area (Å²) in [6, 6.07) is 0.431. The lowest BCUT2D eigenvalue weighted by molar-refractivity contribution is -0.173. The van der Waals surface area contributed by atoms with E-state index in [0.29, 0.717) is 18.5 Å². The lowest BCUT2D eigenvalue weighted by Gasteiger charge is -2.33. The van der Waals surface area contributed by atoms with Crippen molar-refractivity contribution < 1.29 is 17.9 Å². The van der Waals surface area contributed by atoms with Gasteiger partial charge in [-0.15, -0.1) is 0 Å². The van der Waals surface area contributed by atoms with Crippen LogP contribution in [0.4, 0.5) is 13.2 Å². The van der Waals surface area contributed by atoms with Gasteiger partial charge in [0.05, 0.1) is 6.61 Å². The van der Waals surface area contributed by atoms with E-state index in [1.54, 1.807) is 0 Å². The van der Waals surface area contributed by atoms with Gasteiger partial charge in [-0.3, -0.25) is 0 Å². The Morgan fingerprint density at radius 2 is 1.94 bits per heavy atom. The fourth-order valence-corrected chi connectivity index (χ4v) is 2.47. The summed E-state index contributed by atoms with van der Waals surface area (Å²) in [5.74, 6) is 1.37. The molecule has 2 nitrogen and oxygen atoms in total. The highest BCUT2D eigenvalue weighted by atomic mass is 19.4. The lowest BCUT2D eigenvalue weighted by Crippen LogP contribution is -2.40. The van der Waals surface area contributed by atoms with E-state index in [0.717, 1.165) is 12.3 Å². The third-order valence-electron chi connectivity index (χ3n) is 3.35. The molecule has 102 valence electrons. The molecule has 0 radical (unpaired) electrons. The predicted molar refractivity (Wildman–Crippen MR) is 60.8 cm³/mol. The normalized spacial score (nSPS) is 30.5. The highest BCUT2D eigenvalue weighted by Crippen LogP contribution is 2.28. The zero-order valence-corrected chi connectivity index (χ0v) is 10.5. The van der Waals surface area contributed by atoms with E-state index in [-0.39, 0.29) is 6.61 Å². The first-order chi connectivity index (χ1) is 7.88. The van der Waals surface area contributed by atoms with Gasteiger partial charge in [-0.25, -0.2) is 0 Å². The van der Waals surface area contributed by atoms with Crippen LogP contribution in [0.2, 0.25) is 0 Å². The maximum atomic E-state index is 11.8. The van der Waals surface area contributed by atoms with Gasteiger partial charge >= 0.3 is 6.18 Å². The van der Waals surface area contributed by atoms with Crippen molar-refractivity contribution >= 4 is 0 Å². The van der Waals surface area contributed by atoms with E-state index in [1.807, 2.05) is 0 Å². The van der Waals surface area contributed by atoms with Crippen LogP contribution in [0.25, 0.3) is 0 Å².